The van der Waals surface area contributed by atoms with Gasteiger partial charge in [-0.25, -0.2) is 0 Å². The lowest BCUT2D eigenvalue weighted by Gasteiger charge is -2.36. The number of hydrogen-bond acceptors (Lipinski definition) is 3. The van der Waals surface area contributed by atoms with Crippen LogP contribution in [0.15, 0.2) is 30.3 Å². The van der Waals surface area contributed by atoms with E-state index in [0.717, 1.165) is 45.1 Å². The van der Waals surface area contributed by atoms with Crippen LogP contribution in [0.1, 0.15) is 31.7 Å². The van der Waals surface area contributed by atoms with Gasteiger partial charge in [0, 0.05) is 13.1 Å². The minimum atomic E-state index is 0. The van der Waals surface area contributed by atoms with E-state index in [9.17, 15) is 4.79 Å². The van der Waals surface area contributed by atoms with Gasteiger partial charge in [-0.15, -0.1) is 24.8 Å². The van der Waals surface area contributed by atoms with Crippen LogP contribution in [0.2, 0.25) is 0 Å². The zero-order valence-corrected chi connectivity index (χ0v) is 18.2. The predicted molar refractivity (Wildman–Crippen MR) is 117 cm³/mol. The molecule has 2 aliphatic heterocycles. The maximum atomic E-state index is 12.8. The molecule has 4 nitrogen and oxygen atoms in total. The van der Waals surface area contributed by atoms with Crippen molar-refractivity contribution in [3.63, 3.8) is 0 Å². The molecule has 2 aliphatic rings. The number of hydrogen-bond donors (Lipinski definition) is 1. The van der Waals surface area contributed by atoms with Crippen LogP contribution in [0.25, 0.3) is 0 Å². The van der Waals surface area contributed by atoms with Gasteiger partial charge in [0.05, 0.1) is 6.04 Å². The fourth-order valence-corrected chi connectivity index (χ4v) is 4.40. The van der Waals surface area contributed by atoms with Crippen LogP contribution in [0.5, 0.6) is 0 Å². The molecule has 2 fully saturated rings. The van der Waals surface area contributed by atoms with E-state index in [1.165, 1.54) is 24.8 Å². The molecule has 2 saturated heterocycles. The van der Waals surface area contributed by atoms with Gasteiger partial charge >= 0.3 is 0 Å². The molecule has 2 heterocycles. The number of piperidine rings is 1. The number of carbonyl (C=O) groups is 1. The largest absolute Gasteiger partial charge is 0.341 e. The molecule has 154 valence electrons. The van der Waals surface area contributed by atoms with Gasteiger partial charge < -0.3 is 10.2 Å². The summed E-state index contributed by atoms with van der Waals surface area (Å²) in [6, 6.07) is 10.8. The molecule has 27 heavy (non-hydrogen) atoms. The SMILES string of the molecule is CNCC1CCN(C(=O)C(C)N2CCC(Cc3ccccc3)CC2)C1.Cl.Cl. The summed E-state index contributed by atoms with van der Waals surface area (Å²) in [6.45, 7) is 7.08. The second-order valence-electron chi connectivity index (χ2n) is 7.84. The third-order valence-electron chi connectivity index (χ3n) is 6.01. The normalized spacial score (nSPS) is 22.0. The predicted octanol–water partition coefficient (Wildman–Crippen LogP) is 3.24. The molecular formula is C21H35Cl2N3O. The lowest BCUT2D eigenvalue weighted by atomic mass is 9.89. The Hall–Kier alpha value is -0.810. The topological polar surface area (TPSA) is 35.6 Å². The first-order valence-corrected chi connectivity index (χ1v) is 9.88. The number of nitrogens with zero attached hydrogens (tertiary/aromatic N) is 2. The molecule has 6 heteroatoms. The number of halogens is 2. The fourth-order valence-electron chi connectivity index (χ4n) is 4.40. The molecule has 0 bridgehead atoms. The zero-order chi connectivity index (χ0) is 17.6. The second kappa shape index (κ2) is 11.9. The van der Waals surface area contributed by atoms with Gasteiger partial charge in [0.15, 0.2) is 0 Å². The average molecular weight is 416 g/mol. The minimum Gasteiger partial charge on any atom is -0.341 e. The molecule has 0 saturated carbocycles. The maximum absolute atomic E-state index is 12.8. The molecule has 0 spiro atoms. The number of likely N-dealkylation sites (tertiary alicyclic amines) is 2. The van der Waals surface area contributed by atoms with Crippen LogP contribution in [0, 0.1) is 11.8 Å². The minimum absolute atomic E-state index is 0. The number of nitrogens with one attached hydrogen (secondary N) is 1. The quantitative estimate of drug-likeness (QED) is 0.774. The van der Waals surface area contributed by atoms with E-state index >= 15 is 0 Å². The van der Waals surface area contributed by atoms with Crippen molar-refractivity contribution in [3.8, 4) is 0 Å². The van der Waals surface area contributed by atoms with Crippen molar-refractivity contribution in [1.82, 2.24) is 15.1 Å². The first kappa shape index (κ1) is 24.2. The summed E-state index contributed by atoms with van der Waals surface area (Å²) >= 11 is 0. The summed E-state index contributed by atoms with van der Waals surface area (Å²) in [6.07, 6.45) is 4.72. The Morgan fingerprint density at radius 1 is 1.07 bits per heavy atom. The summed E-state index contributed by atoms with van der Waals surface area (Å²) in [5, 5.41) is 3.24. The Bertz CT molecular complexity index is 550. The molecule has 3 rings (SSSR count). The molecule has 1 aromatic rings. The van der Waals surface area contributed by atoms with Crippen molar-refractivity contribution in [2.45, 2.75) is 38.6 Å². The van der Waals surface area contributed by atoms with E-state index in [2.05, 4.69) is 52.4 Å². The Morgan fingerprint density at radius 3 is 2.33 bits per heavy atom. The van der Waals surface area contributed by atoms with E-state index in [-0.39, 0.29) is 30.9 Å². The molecule has 1 amide bonds. The molecule has 1 N–H and O–H groups in total. The van der Waals surface area contributed by atoms with Gasteiger partial charge in [0.1, 0.15) is 0 Å². The highest BCUT2D eigenvalue weighted by atomic mass is 35.5. The van der Waals surface area contributed by atoms with Gasteiger partial charge in [-0.2, -0.15) is 0 Å². The number of amides is 1. The average Bonchev–Trinajstić information content (AvgIpc) is 3.11. The van der Waals surface area contributed by atoms with Crippen LogP contribution in [-0.2, 0) is 11.2 Å². The van der Waals surface area contributed by atoms with Crippen LogP contribution in [0.3, 0.4) is 0 Å². The molecule has 0 aliphatic carbocycles. The van der Waals surface area contributed by atoms with Gasteiger partial charge in [-0.3, -0.25) is 9.69 Å². The Morgan fingerprint density at radius 2 is 1.70 bits per heavy atom. The number of carbonyl (C=O) groups excluding carboxylic acids is 1. The molecule has 2 unspecified atom stereocenters. The Labute approximate surface area is 176 Å². The lowest BCUT2D eigenvalue weighted by Crippen LogP contribution is -2.49. The summed E-state index contributed by atoms with van der Waals surface area (Å²) in [5.74, 6) is 1.71. The highest BCUT2D eigenvalue weighted by Gasteiger charge is 2.32. The van der Waals surface area contributed by atoms with E-state index < -0.39 is 0 Å². The zero-order valence-electron chi connectivity index (χ0n) is 16.6. The van der Waals surface area contributed by atoms with Gasteiger partial charge in [-0.1, -0.05) is 30.3 Å². The van der Waals surface area contributed by atoms with Gasteiger partial charge in [0.2, 0.25) is 5.91 Å². The van der Waals surface area contributed by atoms with Crippen molar-refractivity contribution in [1.29, 1.82) is 0 Å². The molecule has 2 atom stereocenters. The molecule has 1 aromatic carbocycles. The van der Waals surface area contributed by atoms with E-state index in [0.29, 0.717) is 11.8 Å². The second-order valence-corrected chi connectivity index (χ2v) is 7.84. The summed E-state index contributed by atoms with van der Waals surface area (Å²) in [5.41, 5.74) is 1.44. The molecule has 0 radical (unpaired) electrons. The van der Waals surface area contributed by atoms with Crippen molar-refractivity contribution in [2.75, 3.05) is 39.8 Å². The highest BCUT2D eigenvalue weighted by Crippen LogP contribution is 2.24. The molecule has 0 aromatic heterocycles. The van der Waals surface area contributed by atoms with E-state index in [1.807, 2.05) is 7.05 Å². The van der Waals surface area contributed by atoms with Crippen LogP contribution in [-0.4, -0.2) is 61.5 Å². The highest BCUT2D eigenvalue weighted by molar-refractivity contribution is 5.85. The monoisotopic (exact) mass is 415 g/mol. The number of rotatable bonds is 6. The van der Waals surface area contributed by atoms with Gasteiger partial charge in [-0.05, 0) is 76.7 Å². The van der Waals surface area contributed by atoms with E-state index in [4.69, 9.17) is 0 Å². The lowest BCUT2D eigenvalue weighted by molar-refractivity contribution is -0.136. The third-order valence-corrected chi connectivity index (χ3v) is 6.01. The maximum Gasteiger partial charge on any atom is 0.239 e. The summed E-state index contributed by atoms with van der Waals surface area (Å²) < 4.78 is 0. The van der Waals surface area contributed by atoms with Crippen molar-refractivity contribution >= 4 is 30.7 Å². The van der Waals surface area contributed by atoms with Crippen LogP contribution >= 0.6 is 24.8 Å². The Balaban J connectivity index is 0.00000182. The van der Waals surface area contributed by atoms with E-state index in [1.54, 1.807) is 0 Å². The standard InChI is InChI=1S/C21H33N3O.2ClH/c1-17(21(25)24-13-10-20(16-24)15-22-2)23-11-8-19(9-12-23)14-18-6-4-3-5-7-18;;/h3-7,17,19-20,22H,8-16H2,1-2H3;2*1H. The van der Waals surface area contributed by atoms with Crippen molar-refractivity contribution in [2.24, 2.45) is 11.8 Å². The summed E-state index contributed by atoms with van der Waals surface area (Å²) in [4.78, 5) is 17.3. The first-order valence-electron chi connectivity index (χ1n) is 9.88. The Kier molecular flexibility index (Phi) is 10.7. The van der Waals surface area contributed by atoms with Crippen molar-refractivity contribution in [3.05, 3.63) is 35.9 Å². The smallest absolute Gasteiger partial charge is 0.239 e. The van der Waals surface area contributed by atoms with Crippen LogP contribution in [0.4, 0.5) is 0 Å². The van der Waals surface area contributed by atoms with Crippen molar-refractivity contribution < 1.29 is 4.79 Å². The van der Waals surface area contributed by atoms with Crippen LogP contribution < -0.4 is 5.32 Å². The molecular weight excluding hydrogens is 381 g/mol. The fraction of sp³-hybridized carbons (Fsp3) is 0.667. The first-order chi connectivity index (χ1) is 12.2. The number of benzene rings is 1. The third kappa shape index (κ3) is 6.63. The summed E-state index contributed by atoms with van der Waals surface area (Å²) in [7, 11) is 1.99. The van der Waals surface area contributed by atoms with Gasteiger partial charge in [0.25, 0.3) is 0 Å².